The molecule has 0 unspecified atom stereocenters. The maximum absolute atomic E-state index is 11.8. The molecule has 0 atom stereocenters. The monoisotopic (exact) mass is 266 g/mol. The van der Waals surface area contributed by atoms with Crippen LogP contribution in [0.25, 0.3) is 6.08 Å². The number of hydrogen-bond acceptors (Lipinski definition) is 2. The van der Waals surface area contributed by atoms with Crippen LogP contribution in [0.4, 0.5) is 11.4 Å². The fourth-order valence-electron chi connectivity index (χ4n) is 1.82. The molecule has 2 aromatic carbocycles. The number of anilines is 2. The Labute approximate surface area is 119 Å². The van der Waals surface area contributed by atoms with Crippen molar-refractivity contribution >= 4 is 23.4 Å². The van der Waals surface area contributed by atoms with Gasteiger partial charge in [0, 0.05) is 6.08 Å². The van der Waals surface area contributed by atoms with Crippen molar-refractivity contribution in [3.63, 3.8) is 0 Å². The second-order valence-electron chi connectivity index (χ2n) is 4.50. The third-order valence-corrected chi connectivity index (χ3v) is 3.03. The number of nitrogen functional groups attached to an aromatic ring is 1. The summed E-state index contributed by atoms with van der Waals surface area (Å²) in [7, 11) is 0. The summed E-state index contributed by atoms with van der Waals surface area (Å²) in [4.78, 5) is 11.8. The third-order valence-electron chi connectivity index (χ3n) is 3.03. The zero-order valence-electron chi connectivity index (χ0n) is 11.5. The number of nitrogens with two attached hydrogens (primary N) is 1. The molecule has 0 aliphatic heterocycles. The molecule has 102 valence electrons. The Balaban J connectivity index is 2.00. The van der Waals surface area contributed by atoms with Gasteiger partial charge in [-0.05, 0) is 35.8 Å². The summed E-state index contributed by atoms with van der Waals surface area (Å²) in [5.74, 6) is -0.192. The molecule has 3 nitrogen and oxygen atoms in total. The Bertz CT molecular complexity index is 615. The first kappa shape index (κ1) is 13.9. The Morgan fingerprint density at radius 3 is 2.50 bits per heavy atom. The van der Waals surface area contributed by atoms with Crippen LogP contribution in [0, 0.1) is 0 Å². The Morgan fingerprint density at radius 1 is 1.15 bits per heavy atom. The van der Waals surface area contributed by atoms with Crippen molar-refractivity contribution in [3.8, 4) is 0 Å². The lowest BCUT2D eigenvalue weighted by atomic mass is 10.1. The van der Waals surface area contributed by atoms with Crippen LogP contribution < -0.4 is 11.1 Å². The molecule has 0 saturated carbocycles. The SMILES string of the molecule is CCc1ccc(/C=C/C(=O)Nc2ccccc2N)cc1. The first-order chi connectivity index (χ1) is 9.69. The standard InChI is InChI=1S/C17H18N2O/c1-2-13-7-9-14(10-8-13)11-12-17(20)19-16-6-4-3-5-15(16)18/h3-12H,2,18H2,1H3,(H,19,20)/b12-11+. The van der Waals surface area contributed by atoms with Gasteiger partial charge in [0.2, 0.25) is 5.91 Å². The Morgan fingerprint density at radius 2 is 1.85 bits per heavy atom. The predicted molar refractivity (Wildman–Crippen MR) is 84.3 cm³/mol. The smallest absolute Gasteiger partial charge is 0.248 e. The normalized spacial score (nSPS) is 10.7. The van der Waals surface area contributed by atoms with Crippen LogP contribution in [-0.2, 0) is 11.2 Å². The van der Waals surface area contributed by atoms with E-state index >= 15 is 0 Å². The highest BCUT2D eigenvalue weighted by molar-refractivity contribution is 6.03. The van der Waals surface area contributed by atoms with Crippen molar-refractivity contribution in [2.45, 2.75) is 13.3 Å². The van der Waals surface area contributed by atoms with Gasteiger partial charge in [-0.25, -0.2) is 0 Å². The molecule has 0 fully saturated rings. The predicted octanol–water partition coefficient (Wildman–Crippen LogP) is 3.48. The number of carbonyl (C=O) groups is 1. The van der Waals surface area contributed by atoms with Crippen LogP contribution in [0.2, 0.25) is 0 Å². The van der Waals surface area contributed by atoms with E-state index in [1.165, 1.54) is 11.6 Å². The Kier molecular flexibility index (Phi) is 4.56. The number of aryl methyl sites for hydroxylation is 1. The van der Waals surface area contributed by atoms with Crippen LogP contribution in [0.15, 0.2) is 54.6 Å². The van der Waals surface area contributed by atoms with Crippen molar-refractivity contribution in [1.29, 1.82) is 0 Å². The van der Waals surface area contributed by atoms with Gasteiger partial charge in [0.1, 0.15) is 0 Å². The molecule has 0 aliphatic carbocycles. The van der Waals surface area contributed by atoms with Gasteiger partial charge in [-0.1, -0.05) is 43.3 Å². The number of nitrogens with one attached hydrogen (secondary N) is 1. The molecule has 3 N–H and O–H groups in total. The molecule has 0 aliphatic rings. The van der Waals surface area contributed by atoms with Crippen molar-refractivity contribution in [2.24, 2.45) is 0 Å². The van der Waals surface area contributed by atoms with Crippen LogP contribution in [-0.4, -0.2) is 5.91 Å². The van der Waals surface area contributed by atoms with E-state index < -0.39 is 0 Å². The van der Waals surface area contributed by atoms with E-state index in [4.69, 9.17) is 5.73 Å². The van der Waals surface area contributed by atoms with Gasteiger partial charge in [0.25, 0.3) is 0 Å². The molecule has 1 amide bonds. The molecule has 20 heavy (non-hydrogen) atoms. The number of hydrogen-bond donors (Lipinski definition) is 2. The number of benzene rings is 2. The van der Waals surface area contributed by atoms with Crippen LogP contribution in [0.5, 0.6) is 0 Å². The van der Waals surface area contributed by atoms with E-state index in [9.17, 15) is 4.79 Å². The summed E-state index contributed by atoms with van der Waals surface area (Å²) < 4.78 is 0. The van der Waals surface area contributed by atoms with E-state index in [0.717, 1.165) is 12.0 Å². The molecule has 0 saturated heterocycles. The van der Waals surface area contributed by atoms with Crippen molar-refractivity contribution in [2.75, 3.05) is 11.1 Å². The first-order valence-corrected chi connectivity index (χ1v) is 6.61. The molecule has 0 heterocycles. The summed E-state index contributed by atoms with van der Waals surface area (Å²) in [6, 6.07) is 15.3. The number of rotatable bonds is 4. The van der Waals surface area contributed by atoms with Crippen molar-refractivity contribution < 1.29 is 4.79 Å². The summed E-state index contributed by atoms with van der Waals surface area (Å²) in [5.41, 5.74) is 9.23. The molecule has 3 heteroatoms. The van der Waals surface area contributed by atoms with Crippen LogP contribution in [0.1, 0.15) is 18.1 Å². The molecule has 2 aromatic rings. The largest absolute Gasteiger partial charge is 0.397 e. The van der Waals surface area contributed by atoms with Crippen LogP contribution in [0.3, 0.4) is 0 Å². The number of carbonyl (C=O) groups excluding carboxylic acids is 1. The van der Waals surface area contributed by atoms with Gasteiger partial charge >= 0.3 is 0 Å². The van der Waals surface area contributed by atoms with E-state index in [-0.39, 0.29) is 5.91 Å². The third kappa shape index (κ3) is 3.72. The van der Waals surface area contributed by atoms with E-state index in [1.54, 1.807) is 18.2 Å². The van der Waals surface area contributed by atoms with Crippen molar-refractivity contribution in [1.82, 2.24) is 0 Å². The second kappa shape index (κ2) is 6.57. The molecule has 0 bridgehead atoms. The summed E-state index contributed by atoms with van der Waals surface area (Å²) in [6.07, 6.45) is 4.30. The maximum atomic E-state index is 11.8. The van der Waals surface area contributed by atoms with Crippen LogP contribution >= 0.6 is 0 Å². The zero-order valence-corrected chi connectivity index (χ0v) is 11.5. The van der Waals surface area contributed by atoms with Gasteiger partial charge in [-0.3, -0.25) is 4.79 Å². The minimum absolute atomic E-state index is 0.192. The molecule has 0 aromatic heterocycles. The fraction of sp³-hybridized carbons (Fsp3) is 0.118. The van der Waals surface area contributed by atoms with Gasteiger partial charge in [0.15, 0.2) is 0 Å². The minimum Gasteiger partial charge on any atom is -0.397 e. The minimum atomic E-state index is -0.192. The summed E-state index contributed by atoms with van der Waals surface area (Å²) in [6.45, 7) is 2.11. The maximum Gasteiger partial charge on any atom is 0.248 e. The lowest BCUT2D eigenvalue weighted by molar-refractivity contribution is -0.111. The lowest BCUT2D eigenvalue weighted by Crippen LogP contribution is -2.09. The highest BCUT2D eigenvalue weighted by Crippen LogP contribution is 2.16. The topological polar surface area (TPSA) is 55.1 Å². The average molecular weight is 266 g/mol. The van der Waals surface area contributed by atoms with Crippen molar-refractivity contribution in [3.05, 3.63) is 65.7 Å². The first-order valence-electron chi connectivity index (χ1n) is 6.61. The number of para-hydroxylation sites is 2. The number of amides is 1. The average Bonchev–Trinajstić information content (AvgIpc) is 2.48. The lowest BCUT2D eigenvalue weighted by Gasteiger charge is -2.05. The second-order valence-corrected chi connectivity index (χ2v) is 4.50. The summed E-state index contributed by atoms with van der Waals surface area (Å²) >= 11 is 0. The van der Waals surface area contributed by atoms with E-state index in [1.807, 2.05) is 24.3 Å². The van der Waals surface area contributed by atoms with E-state index in [2.05, 4.69) is 24.4 Å². The molecular formula is C17H18N2O. The quantitative estimate of drug-likeness (QED) is 0.657. The molecule has 2 rings (SSSR count). The highest BCUT2D eigenvalue weighted by atomic mass is 16.1. The zero-order chi connectivity index (χ0) is 14.4. The van der Waals surface area contributed by atoms with Gasteiger partial charge < -0.3 is 11.1 Å². The Hall–Kier alpha value is -2.55. The van der Waals surface area contributed by atoms with Gasteiger partial charge in [-0.2, -0.15) is 0 Å². The molecular weight excluding hydrogens is 248 g/mol. The van der Waals surface area contributed by atoms with Gasteiger partial charge in [0.05, 0.1) is 11.4 Å². The highest BCUT2D eigenvalue weighted by Gasteiger charge is 2.00. The summed E-state index contributed by atoms with van der Waals surface area (Å²) in [5, 5.41) is 2.75. The molecule has 0 radical (unpaired) electrons. The molecule has 0 spiro atoms. The van der Waals surface area contributed by atoms with E-state index in [0.29, 0.717) is 11.4 Å². The fourth-order valence-corrected chi connectivity index (χ4v) is 1.82. The van der Waals surface area contributed by atoms with Gasteiger partial charge in [-0.15, -0.1) is 0 Å².